The molecule has 0 saturated carbocycles. The molecule has 0 unspecified atom stereocenters. The zero-order valence-electron chi connectivity index (χ0n) is 20.9. The smallest absolute Gasteiger partial charge is 0.137 e. The summed E-state index contributed by atoms with van der Waals surface area (Å²) >= 11 is 1.91. The lowest BCUT2D eigenvalue weighted by Crippen LogP contribution is -1.93. The summed E-state index contributed by atoms with van der Waals surface area (Å²) in [5.74, 6) is 0. The van der Waals surface area contributed by atoms with Gasteiger partial charge >= 0.3 is 0 Å². The van der Waals surface area contributed by atoms with Crippen LogP contribution in [0.4, 0.5) is 0 Å². The van der Waals surface area contributed by atoms with Crippen LogP contribution in [0.15, 0.2) is 128 Å². The van der Waals surface area contributed by atoms with E-state index < -0.39 is 0 Å². The van der Waals surface area contributed by atoms with Crippen LogP contribution in [0, 0.1) is 0 Å². The number of aromatic nitrogens is 3. The third-order valence-electron chi connectivity index (χ3n) is 7.95. The van der Waals surface area contributed by atoms with Gasteiger partial charge in [-0.25, -0.2) is 4.98 Å². The second kappa shape index (κ2) is 7.79. The summed E-state index contributed by atoms with van der Waals surface area (Å²) in [6, 6.07) is 41.6. The average Bonchev–Trinajstić information content (AvgIpc) is 3.68. The zero-order chi connectivity index (χ0) is 25.5. The predicted molar refractivity (Wildman–Crippen MR) is 165 cm³/mol. The van der Waals surface area contributed by atoms with Crippen molar-refractivity contribution in [2.45, 2.75) is 0 Å². The summed E-state index contributed by atoms with van der Waals surface area (Å²) in [5, 5.41) is 7.94. The van der Waals surface area contributed by atoms with Gasteiger partial charge in [0.25, 0.3) is 0 Å². The number of hydrogen-bond donors (Lipinski definition) is 0. The van der Waals surface area contributed by atoms with E-state index in [1.807, 2.05) is 35.7 Å². The molecule has 4 heteroatoms. The number of hydrogen-bond acceptors (Lipinski definition) is 2. The predicted octanol–water partition coefficient (Wildman–Crippen LogP) is 9.62. The summed E-state index contributed by atoms with van der Waals surface area (Å²) in [7, 11) is 0. The molecule has 0 fully saturated rings. The quantitative estimate of drug-likeness (QED) is 0.225. The van der Waals surface area contributed by atoms with E-state index in [2.05, 4.69) is 112 Å². The second-order valence-corrected chi connectivity index (χ2v) is 11.1. The highest BCUT2D eigenvalue weighted by atomic mass is 32.1. The number of para-hydroxylation sites is 1. The molecule has 0 aliphatic rings. The van der Waals surface area contributed by atoms with E-state index in [1.54, 1.807) is 0 Å². The monoisotopic (exact) mass is 515 g/mol. The fraction of sp³-hybridized carbons (Fsp3) is 0. The Hall–Kier alpha value is -4.93. The van der Waals surface area contributed by atoms with Crippen molar-refractivity contribution in [1.82, 2.24) is 14.0 Å². The molecule has 5 aromatic carbocycles. The van der Waals surface area contributed by atoms with E-state index in [4.69, 9.17) is 4.98 Å². The van der Waals surface area contributed by atoms with Crippen molar-refractivity contribution in [2.24, 2.45) is 0 Å². The number of benzene rings is 5. The van der Waals surface area contributed by atoms with Crippen LogP contribution in [-0.2, 0) is 0 Å². The molecule has 0 saturated heterocycles. The number of thiophene rings is 1. The Labute approximate surface area is 227 Å². The number of pyridine rings is 1. The summed E-state index contributed by atoms with van der Waals surface area (Å²) in [5.41, 5.74) is 6.66. The molecule has 0 aliphatic carbocycles. The normalized spacial score (nSPS) is 12.1. The highest BCUT2D eigenvalue weighted by Gasteiger charge is 2.18. The van der Waals surface area contributed by atoms with E-state index >= 15 is 0 Å². The van der Waals surface area contributed by atoms with Crippen molar-refractivity contribution in [1.29, 1.82) is 0 Å². The number of nitrogens with zero attached hydrogens (tertiary/aromatic N) is 3. The fourth-order valence-corrected chi connectivity index (χ4v) is 7.46. The Morgan fingerprint density at radius 2 is 1.41 bits per heavy atom. The average molecular weight is 516 g/mol. The standard InChI is InChI=1S/C35H21N3S/c1-2-8-25-22(7-1)14-19-31-33(25)27-17-18-30-34(35(27)39-31)26-9-3-4-10-29(26)38(30)24-15-12-23(13-16-24)28-21-37-20-6-5-11-32(37)36-28/h1-21H. The first-order chi connectivity index (χ1) is 19.3. The lowest BCUT2D eigenvalue weighted by Gasteiger charge is -2.09. The number of imidazole rings is 1. The third-order valence-corrected chi connectivity index (χ3v) is 9.14. The van der Waals surface area contributed by atoms with Crippen LogP contribution in [0.25, 0.3) is 75.3 Å². The molecule has 0 radical (unpaired) electrons. The molecule has 0 bridgehead atoms. The lowest BCUT2D eigenvalue weighted by atomic mass is 10.0. The summed E-state index contributed by atoms with van der Waals surface area (Å²) in [4.78, 5) is 4.81. The van der Waals surface area contributed by atoms with Gasteiger partial charge in [-0.1, -0.05) is 72.8 Å². The Morgan fingerprint density at radius 1 is 0.590 bits per heavy atom. The molecule has 9 rings (SSSR count). The van der Waals surface area contributed by atoms with Crippen LogP contribution in [0.2, 0.25) is 0 Å². The summed E-state index contributed by atoms with van der Waals surface area (Å²) in [6.45, 7) is 0. The minimum Gasteiger partial charge on any atom is -0.309 e. The van der Waals surface area contributed by atoms with Crippen molar-refractivity contribution in [3.63, 3.8) is 0 Å². The SMILES string of the molecule is c1ccc2c(c1)ccc1sc3c(ccc4c3c3ccccc3n4-c3ccc(-c4cn5ccccc5n4)cc3)c12. The van der Waals surface area contributed by atoms with Crippen LogP contribution in [0.1, 0.15) is 0 Å². The largest absolute Gasteiger partial charge is 0.309 e. The van der Waals surface area contributed by atoms with Crippen molar-refractivity contribution >= 4 is 69.7 Å². The van der Waals surface area contributed by atoms with Crippen molar-refractivity contribution in [2.75, 3.05) is 0 Å². The van der Waals surface area contributed by atoms with Gasteiger partial charge in [0, 0.05) is 54.6 Å². The molecule has 4 aromatic heterocycles. The Kier molecular flexibility index (Phi) is 4.21. The van der Waals surface area contributed by atoms with Crippen LogP contribution in [-0.4, -0.2) is 14.0 Å². The molecule has 3 nitrogen and oxygen atoms in total. The minimum atomic E-state index is 0.958. The maximum absolute atomic E-state index is 4.81. The van der Waals surface area contributed by atoms with E-state index in [-0.39, 0.29) is 0 Å². The van der Waals surface area contributed by atoms with Gasteiger partial charge in [-0.05, 0) is 53.2 Å². The Balaban J connectivity index is 1.29. The molecule has 0 aliphatic heterocycles. The van der Waals surface area contributed by atoms with Gasteiger partial charge in [-0.3, -0.25) is 0 Å². The highest BCUT2D eigenvalue weighted by Crippen LogP contribution is 2.45. The molecule has 4 heterocycles. The molecule has 182 valence electrons. The highest BCUT2D eigenvalue weighted by molar-refractivity contribution is 7.27. The molecule has 0 amide bonds. The van der Waals surface area contributed by atoms with Crippen molar-refractivity contribution in [3.8, 4) is 16.9 Å². The lowest BCUT2D eigenvalue weighted by molar-refractivity contribution is 1.18. The maximum Gasteiger partial charge on any atom is 0.137 e. The molecular formula is C35H21N3S. The van der Waals surface area contributed by atoms with Gasteiger partial charge in [0.05, 0.1) is 16.7 Å². The molecule has 0 atom stereocenters. The van der Waals surface area contributed by atoms with Crippen LogP contribution in [0.3, 0.4) is 0 Å². The van der Waals surface area contributed by atoms with Crippen LogP contribution in [0.5, 0.6) is 0 Å². The van der Waals surface area contributed by atoms with E-state index in [1.165, 1.54) is 52.8 Å². The zero-order valence-corrected chi connectivity index (χ0v) is 21.7. The number of rotatable bonds is 2. The van der Waals surface area contributed by atoms with E-state index in [9.17, 15) is 0 Å². The first-order valence-electron chi connectivity index (χ1n) is 13.1. The van der Waals surface area contributed by atoms with Crippen LogP contribution >= 0.6 is 11.3 Å². The van der Waals surface area contributed by atoms with Crippen molar-refractivity contribution < 1.29 is 0 Å². The van der Waals surface area contributed by atoms with Gasteiger partial charge in [-0.15, -0.1) is 11.3 Å². The van der Waals surface area contributed by atoms with Gasteiger partial charge in [-0.2, -0.15) is 0 Å². The topological polar surface area (TPSA) is 22.2 Å². The Bertz CT molecular complexity index is 2350. The van der Waals surface area contributed by atoms with E-state index in [0.717, 1.165) is 22.6 Å². The summed E-state index contributed by atoms with van der Waals surface area (Å²) < 4.78 is 7.16. The number of fused-ring (bicyclic) bond motifs is 10. The fourth-order valence-electron chi connectivity index (χ4n) is 6.19. The van der Waals surface area contributed by atoms with Crippen molar-refractivity contribution in [3.05, 3.63) is 128 Å². The minimum absolute atomic E-state index is 0.958. The maximum atomic E-state index is 4.81. The van der Waals surface area contributed by atoms with Gasteiger partial charge in [0.15, 0.2) is 0 Å². The van der Waals surface area contributed by atoms with Crippen LogP contribution < -0.4 is 0 Å². The first kappa shape index (κ1) is 21.1. The second-order valence-electron chi connectivity index (χ2n) is 10.1. The molecule has 39 heavy (non-hydrogen) atoms. The molecule has 9 aromatic rings. The summed E-state index contributed by atoms with van der Waals surface area (Å²) in [6.07, 6.45) is 4.13. The van der Waals surface area contributed by atoms with Gasteiger partial charge in [0.1, 0.15) is 5.65 Å². The first-order valence-corrected chi connectivity index (χ1v) is 14.0. The molecular weight excluding hydrogens is 494 g/mol. The molecule has 0 N–H and O–H groups in total. The van der Waals surface area contributed by atoms with Gasteiger partial charge < -0.3 is 8.97 Å². The van der Waals surface area contributed by atoms with E-state index in [0.29, 0.717) is 0 Å². The van der Waals surface area contributed by atoms with Gasteiger partial charge in [0.2, 0.25) is 0 Å². The Morgan fingerprint density at radius 3 is 2.31 bits per heavy atom. The third kappa shape index (κ3) is 2.95. The molecule has 0 spiro atoms.